The van der Waals surface area contributed by atoms with Gasteiger partial charge in [-0.25, -0.2) is 5.01 Å². The number of nitrogens with zero attached hydrogens (tertiary/aromatic N) is 3. The van der Waals surface area contributed by atoms with Gasteiger partial charge in [-0.1, -0.05) is 42.5 Å². The lowest BCUT2D eigenvalue weighted by Gasteiger charge is -2.36. The summed E-state index contributed by atoms with van der Waals surface area (Å²) in [6, 6.07) is 21.2. The van der Waals surface area contributed by atoms with E-state index < -0.39 is 0 Å². The summed E-state index contributed by atoms with van der Waals surface area (Å²) in [6.07, 6.45) is 5.62. The fraction of sp³-hybridized carbons (Fsp3) is 0.250. The lowest BCUT2D eigenvalue weighted by atomic mass is 9.92. The van der Waals surface area contributed by atoms with Crippen LogP contribution in [0, 0.1) is 0 Å². The third-order valence-corrected chi connectivity index (χ3v) is 5.67. The van der Waals surface area contributed by atoms with E-state index >= 15 is 0 Å². The molecule has 0 radical (unpaired) electrons. The van der Waals surface area contributed by atoms with Crippen LogP contribution in [-0.4, -0.2) is 35.5 Å². The molecule has 0 aliphatic carbocycles. The van der Waals surface area contributed by atoms with E-state index in [0.717, 1.165) is 24.4 Å². The Hall–Kier alpha value is -3.18. The molecular formula is C24H24N4O. The maximum atomic E-state index is 6.06. The second-order valence-corrected chi connectivity index (χ2v) is 7.63. The molecule has 5 rings (SSSR count). The van der Waals surface area contributed by atoms with Crippen LogP contribution < -0.4 is 10.2 Å². The number of hydrazine groups is 1. The number of hydrogen-bond donors (Lipinski definition) is 1. The standard InChI is InChI=1S/C24H24N4O/c1-28-22(14-17-10-12-25-13-11-17)20-7-3-4-8-21(20)24(27-28)26-16-19-15-18-6-2-5-9-23(18)29-19/h2-13,19,22H,14-16H2,1H3,(H,26,27). The summed E-state index contributed by atoms with van der Waals surface area (Å²) in [5.41, 5.74) is 8.50. The predicted octanol–water partition coefficient (Wildman–Crippen LogP) is 3.57. The highest BCUT2D eigenvalue weighted by Gasteiger charge is 2.29. The van der Waals surface area contributed by atoms with Crippen LogP contribution in [0.1, 0.15) is 28.3 Å². The van der Waals surface area contributed by atoms with Crippen LogP contribution in [0.5, 0.6) is 5.75 Å². The molecule has 2 aromatic carbocycles. The molecule has 3 aromatic rings. The molecule has 2 atom stereocenters. The van der Waals surface area contributed by atoms with Crippen LogP contribution in [0.3, 0.4) is 0 Å². The van der Waals surface area contributed by atoms with E-state index in [9.17, 15) is 0 Å². The van der Waals surface area contributed by atoms with E-state index in [0.29, 0.717) is 6.54 Å². The molecule has 0 fully saturated rings. The number of hydrogen-bond acceptors (Lipinski definition) is 4. The van der Waals surface area contributed by atoms with Crippen molar-refractivity contribution < 1.29 is 4.74 Å². The highest BCUT2D eigenvalue weighted by atomic mass is 16.5. The van der Waals surface area contributed by atoms with Gasteiger partial charge in [-0.05, 0) is 41.3 Å². The van der Waals surface area contributed by atoms with Crippen LogP contribution in [0.15, 0.2) is 78.0 Å². The van der Waals surface area contributed by atoms with Gasteiger partial charge < -0.3 is 10.2 Å². The number of ether oxygens (including phenoxy) is 1. The lowest BCUT2D eigenvalue weighted by molar-refractivity contribution is 0.196. The molecule has 146 valence electrons. The summed E-state index contributed by atoms with van der Waals surface area (Å²) < 4.78 is 6.06. The second kappa shape index (κ2) is 7.68. The third-order valence-electron chi connectivity index (χ3n) is 5.67. The Balaban J connectivity index is 1.37. The maximum Gasteiger partial charge on any atom is 0.143 e. The van der Waals surface area contributed by atoms with Gasteiger partial charge in [-0.15, -0.1) is 0 Å². The average molecular weight is 384 g/mol. The fourth-order valence-electron chi connectivity index (χ4n) is 4.18. The smallest absolute Gasteiger partial charge is 0.143 e. The summed E-state index contributed by atoms with van der Waals surface area (Å²) in [5.74, 6) is 1.90. The molecule has 5 heteroatoms. The Bertz CT molecular complexity index is 1010. The zero-order chi connectivity index (χ0) is 19.6. The number of amidine groups is 1. The molecule has 2 aliphatic rings. The molecule has 2 unspecified atom stereocenters. The molecule has 0 bridgehead atoms. The Kier molecular flexibility index (Phi) is 4.74. The minimum absolute atomic E-state index is 0.0914. The third kappa shape index (κ3) is 3.61. The van der Waals surface area contributed by atoms with Crippen molar-refractivity contribution in [1.82, 2.24) is 15.4 Å². The molecule has 1 N–H and O–H groups in total. The van der Waals surface area contributed by atoms with Crippen molar-refractivity contribution in [3.8, 4) is 5.75 Å². The molecule has 29 heavy (non-hydrogen) atoms. The largest absolute Gasteiger partial charge is 0.488 e. The highest BCUT2D eigenvalue weighted by Crippen LogP contribution is 2.31. The zero-order valence-corrected chi connectivity index (χ0v) is 16.5. The Labute approximate surface area is 171 Å². The van der Waals surface area contributed by atoms with Crippen molar-refractivity contribution in [2.24, 2.45) is 4.99 Å². The summed E-state index contributed by atoms with van der Waals surface area (Å²) in [4.78, 5) is 9.04. The number of benzene rings is 2. The Morgan fingerprint density at radius 2 is 1.86 bits per heavy atom. The second-order valence-electron chi connectivity index (χ2n) is 7.63. The lowest BCUT2D eigenvalue weighted by Crippen LogP contribution is -2.48. The molecule has 0 amide bonds. The molecule has 0 spiro atoms. The van der Waals surface area contributed by atoms with E-state index in [1.807, 2.05) is 24.5 Å². The van der Waals surface area contributed by atoms with E-state index in [1.165, 1.54) is 22.3 Å². The molecular weight excluding hydrogens is 360 g/mol. The quantitative estimate of drug-likeness (QED) is 0.747. The van der Waals surface area contributed by atoms with Gasteiger partial charge in [0.15, 0.2) is 0 Å². The summed E-state index contributed by atoms with van der Waals surface area (Å²) in [7, 11) is 2.08. The molecule has 3 heterocycles. The van der Waals surface area contributed by atoms with Crippen LogP contribution >= 0.6 is 0 Å². The normalized spacial score (nSPS) is 21.9. The number of nitrogens with one attached hydrogen (secondary N) is 1. The van der Waals surface area contributed by atoms with Crippen molar-refractivity contribution >= 4 is 5.84 Å². The van der Waals surface area contributed by atoms with Gasteiger partial charge in [0, 0.05) is 31.4 Å². The van der Waals surface area contributed by atoms with Crippen LogP contribution in [0.2, 0.25) is 0 Å². The topological polar surface area (TPSA) is 49.8 Å². The first-order valence-electron chi connectivity index (χ1n) is 10.0. The van der Waals surface area contributed by atoms with Crippen LogP contribution in [0.25, 0.3) is 0 Å². The number of rotatable bonds is 4. The maximum absolute atomic E-state index is 6.06. The van der Waals surface area contributed by atoms with Gasteiger partial charge in [0.05, 0.1) is 12.6 Å². The van der Waals surface area contributed by atoms with Gasteiger partial charge >= 0.3 is 0 Å². The summed E-state index contributed by atoms with van der Waals surface area (Å²) in [5, 5.41) is 2.16. The molecule has 0 saturated heterocycles. The SMILES string of the molecule is CN1NC(=NCC2Cc3ccccc3O2)c2ccccc2C1Cc1ccncc1. The van der Waals surface area contributed by atoms with Gasteiger partial charge in [-0.3, -0.25) is 9.98 Å². The first-order valence-corrected chi connectivity index (χ1v) is 10.0. The predicted molar refractivity (Wildman–Crippen MR) is 114 cm³/mol. The number of likely N-dealkylation sites (N-methyl/N-ethyl adjacent to an activating group) is 1. The molecule has 2 aliphatic heterocycles. The molecule has 1 aromatic heterocycles. The van der Waals surface area contributed by atoms with Crippen LogP contribution in [-0.2, 0) is 12.8 Å². The first kappa shape index (κ1) is 17.9. The zero-order valence-electron chi connectivity index (χ0n) is 16.5. The van der Waals surface area contributed by atoms with Crippen molar-refractivity contribution in [2.45, 2.75) is 25.0 Å². The van der Waals surface area contributed by atoms with E-state index in [-0.39, 0.29) is 12.1 Å². The van der Waals surface area contributed by atoms with E-state index in [1.54, 1.807) is 0 Å². The van der Waals surface area contributed by atoms with Crippen molar-refractivity contribution in [2.75, 3.05) is 13.6 Å². The average Bonchev–Trinajstić information content (AvgIpc) is 3.18. The highest BCUT2D eigenvalue weighted by molar-refractivity contribution is 6.00. The number of fused-ring (bicyclic) bond motifs is 2. The van der Waals surface area contributed by atoms with E-state index in [4.69, 9.17) is 9.73 Å². The van der Waals surface area contributed by atoms with Crippen molar-refractivity contribution in [1.29, 1.82) is 0 Å². The number of aromatic nitrogens is 1. The van der Waals surface area contributed by atoms with Crippen molar-refractivity contribution in [3.05, 3.63) is 95.3 Å². The Morgan fingerprint density at radius 1 is 1.07 bits per heavy atom. The minimum Gasteiger partial charge on any atom is -0.488 e. The number of aliphatic imine (C=N–C) groups is 1. The van der Waals surface area contributed by atoms with Crippen molar-refractivity contribution in [3.63, 3.8) is 0 Å². The van der Waals surface area contributed by atoms with Gasteiger partial charge in [-0.2, -0.15) is 0 Å². The molecule has 5 nitrogen and oxygen atoms in total. The fourth-order valence-corrected chi connectivity index (χ4v) is 4.18. The number of para-hydroxylation sites is 1. The first-order chi connectivity index (χ1) is 14.3. The van der Waals surface area contributed by atoms with E-state index in [2.05, 4.69) is 71.0 Å². The summed E-state index contributed by atoms with van der Waals surface area (Å²) in [6.45, 7) is 0.633. The van der Waals surface area contributed by atoms with Gasteiger partial charge in [0.2, 0.25) is 0 Å². The monoisotopic (exact) mass is 384 g/mol. The molecule has 0 saturated carbocycles. The number of pyridine rings is 1. The Morgan fingerprint density at radius 3 is 2.72 bits per heavy atom. The summed E-state index contributed by atoms with van der Waals surface area (Å²) >= 11 is 0. The minimum atomic E-state index is 0.0914. The van der Waals surface area contributed by atoms with Crippen LogP contribution in [0.4, 0.5) is 0 Å². The van der Waals surface area contributed by atoms with Gasteiger partial charge in [0.25, 0.3) is 0 Å². The van der Waals surface area contributed by atoms with Gasteiger partial charge in [0.1, 0.15) is 17.7 Å².